The Bertz CT molecular complexity index is 542. The standard InChI is InChI=1S/C17H20ClNO/c1-3-19-12-15-10-7-11-16(18)17(15)20-13(2)14-8-5-4-6-9-14/h4-11,13,19H,3,12H2,1-2H3. The van der Waals surface area contributed by atoms with Gasteiger partial charge in [-0.05, 0) is 25.1 Å². The van der Waals surface area contributed by atoms with Crippen molar-refractivity contribution in [2.45, 2.75) is 26.5 Å². The molecule has 2 aromatic carbocycles. The maximum absolute atomic E-state index is 6.29. The summed E-state index contributed by atoms with van der Waals surface area (Å²) in [6.07, 6.45) is -0.0310. The molecule has 0 aliphatic heterocycles. The Morgan fingerprint density at radius 3 is 2.55 bits per heavy atom. The van der Waals surface area contributed by atoms with Crippen molar-refractivity contribution in [3.8, 4) is 5.75 Å². The molecule has 0 aliphatic rings. The van der Waals surface area contributed by atoms with Gasteiger partial charge >= 0.3 is 0 Å². The fraction of sp³-hybridized carbons (Fsp3) is 0.294. The lowest BCUT2D eigenvalue weighted by molar-refractivity contribution is 0.224. The van der Waals surface area contributed by atoms with E-state index in [4.69, 9.17) is 16.3 Å². The van der Waals surface area contributed by atoms with Crippen molar-refractivity contribution in [2.75, 3.05) is 6.54 Å². The zero-order chi connectivity index (χ0) is 14.4. The van der Waals surface area contributed by atoms with Crippen molar-refractivity contribution in [2.24, 2.45) is 0 Å². The highest BCUT2D eigenvalue weighted by Gasteiger charge is 2.13. The monoisotopic (exact) mass is 289 g/mol. The van der Waals surface area contributed by atoms with Crippen molar-refractivity contribution < 1.29 is 4.74 Å². The number of para-hydroxylation sites is 1. The number of nitrogens with one attached hydrogen (secondary N) is 1. The van der Waals surface area contributed by atoms with Crippen LogP contribution in [0.5, 0.6) is 5.75 Å². The van der Waals surface area contributed by atoms with Crippen molar-refractivity contribution in [3.05, 3.63) is 64.7 Å². The van der Waals surface area contributed by atoms with E-state index in [1.54, 1.807) is 0 Å². The second-order valence-electron chi connectivity index (χ2n) is 4.68. The van der Waals surface area contributed by atoms with Crippen LogP contribution in [0.25, 0.3) is 0 Å². The van der Waals surface area contributed by atoms with Gasteiger partial charge in [-0.3, -0.25) is 0 Å². The van der Waals surface area contributed by atoms with E-state index in [1.807, 2.05) is 43.3 Å². The molecule has 0 saturated heterocycles. The van der Waals surface area contributed by atoms with Crippen LogP contribution < -0.4 is 10.1 Å². The summed E-state index contributed by atoms with van der Waals surface area (Å²) < 4.78 is 6.09. The third-order valence-electron chi connectivity index (χ3n) is 3.18. The normalized spacial score (nSPS) is 12.2. The van der Waals surface area contributed by atoms with Gasteiger partial charge in [-0.1, -0.05) is 61.0 Å². The number of hydrogen-bond acceptors (Lipinski definition) is 2. The minimum atomic E-state index is -0.0310. The lowest BCUT2D eigenvalue weighted by Crippen LogP contribution is -2.14. The molecular weight excluding hydrogens is 270 g/mol. The van der Waals surface area contributed by atoms with Crippen LogP contribution in [0.4, 0.5) is 0 Å². The van der Waals surface area contributed by atoms with Crippen LogP contribution in [0.15, 0.2) is 48.5 Å². The fourth-order valence-electron chi connectivity index (χ4n) is 2.05. The molecule has 20 heavy (non-hydrogen) atoms. The average Bonchev–Trinajstić information content (AvgIpc) is 2.48. The summed E-state index contributed by atoms with van der Waals surface area (Å²) >= 11 is 6.29. The molecule has 0 heterocycles. The lowest BCUT2D eigenvalue weighted by Gasteiger charge is -2.19. The first kappa shape index (κ1) is 14.9. The molecule has 1 unspecified atom stereocenters. The second kappa shape index (κ2) is 7.32. The minimum absolute atomic E-state index is 0.0310. The van der Waals surface area contributed by atoms with Crippen molar-refractivity contribution in [1.29, 1.82) is 0 Å². The molecule has 0 aliphatic carbocycles. The molecule has 0 saturated carbocycles. The smallest absolute Gasteiger partial charge is 0.143 e. The third kappa shape index (κ3) is 3.75. The number of halogens is 1. The Kier molecular flexibility index (Phi) is 5.45. The van der Waals surface area contributed by atoms with Gasteiger partial charge in [0.25, 0.3) is 0 Å². The second-order valence-corrected chi connectivity index (χ2v) is 5.09. The highest BCUT2D eigenvalue weighted by Crippen LogP contribution is 2.32. The van der Waals surface area contributed by atoms with Crippen molar-refractivity contribution in [1.82, 2.24) is 5.32 Å². The topological polar surface area (TPSA) is 21.3 Å². The van der Waals surface area contributed by atoms with Gasteiger partial charge in [0, 0.05) is 12.1 Å². The van der Waals surface area contributed by atoms with Crippen LogP contribution in [0, 0.1) is 0 Å². The van der Waals surface area contributed by atoms with Crippen LogP contribution in [0.3, 0.4) is 0 Å². The third-order valence-corrected chi connectivity index (χ3v) is 3.48. The predicted octanol–water partition coefficient (Wildman–Crippen LogP) is 4.59. The highest BCUT2D eigenvalue weighted by molar-refractivity contribution is 6.32. The largest absolute Gasteiger partial charge is 0.484 e. The summed E-state index contributed by atoms with van der Waals surface area (Å²) in [4.78, 5) is 0. The molecule has 0 fully saturated rings. The Labute approximate surface area is 125 Å². The van der Waals surface area contributed by atoms with Crippen LogP contribution >= 0.6 is 11.6 Å². The number of benzene rings is 2. The zero-order valence-corrected chi connectivity index (χ0v) is 12.7. The van der Waals surface area contributed by atoms with Crippen LogP contribution in [-0.4, -0.2) is 6.54 Å². The van der Waals surface area contributed by atoms with E-state index in [-0.39, 0.29) is 6.10 Å². The Morgan fingerprint density at radius 2 is 1.85 bits per heavy atom. The average molecular weight is 290 g/mol. The first-order valence-corrected chi connectivity index (χ1v) is 7.30. The van der Waals surface area contributed by atoms with Crippen molar-refractivity contribution in [3.63, 3.8) is 0 Å². The maximum Gasteiger partial charge on any atom is 0.143 e. The van der Waals surface area contributed by atoms with Crippen LogP contribution in [-0.2, 0) is 6.54 Å². The van der Waals surface area contributed by atoms with E-state index in [9.17, 15) is 0 Å². The summed E-state index contributed by atoms with van der Waals surface area (Å²) in [6, 6.07) is 16.0. The van der Waals surface area contributed by atoms with Gasteiger partial charge in [0.1, 0.15) is 11.9 Å². The van der Waals surface area contributed by atoms with Gasteiger partial charge < -0.3 is 10.1 Å². The first-order chi connectivity index (χ1) is 9.72. The van der Waals surface area contributed by atoms with Crippen LogP contribution in [0.1, 0.15) is 31.1 Å². The molecule has 0 amide bonds. The van der Waals surface area contributed by atoms with E-state index < -0.39 is 0 Å². The van der Waals surface area contributed by atoms with Gasteiger partial charge in [-0.15, -0.1) is 0 Å². The molecule has 0 bridgehead atoms. The van der Waals surface area contributed by atoms with E-state index >= 15 is 0 Å². The lowest BCUT2D eigenvalue weighted by atomic mass is 10.1. The molecule has 1 atom stereocenters. The summed E-state index contributed by atoms with van der Waals surface area (Å²) in [5.74, 6) is 0.770. The van der Waals surface area contributed by atoms with E-state index in [0.29, 0.717) is 5.02 Å². The van der Waals surface area contributed by atoms with E-state index in [0.717, 1.165) is 30.0 Å². The highest BCUT2D eigenvalue weighted by atomic mass is 35.5. The van der Waals surface area contributed by atoms with Gasteiger partial charge in [0.05, 0.1) is 5.02 Å². The fourth-order valence-corrected chi connectivity index (χ4v) is 2.29. The minimum Gasteiger partial charge on any atom is -0.484 e. The number of hydrogen-bond donors (Lipinski definition) is 1. The number of rotatable bonds is 6. The van der Waals surface area contributed by atoms with E-state index in [1.165, 1.54) is 0 Å². The Morgan fingerprint density at radius 1 is 1.10 bits per heavy atom. The van der Waals surface area contributed by atoms with E-state index in [2.05, 4.69) is 24.4 Å². The molecule has 2 aromatic rings. The Balaban J connectivity index is 2.19. The predicted molar refractivity (Wildman–Crippen MR) is 84.3 cm³/mol. The molecule has 2 nitrogen and oxygen atoms in total. The quantitative estimate of drug-likeness (QED) is 0.840. The van der Waals surface area contributed by atoms with Gasteiger partial charge in [0.2, 0.25) is 0 Å². The molecule has 106 valence electrons. The zero-order valence-electron chi connectivity index (χ0n) is 11.9. The van der Waals surface area contributed by atoms with Crippen molar-refractivity contribution >= 4 is 11.6 Å². The van der Waals surface area contributed by atoms with Gasteiger partial charge in [-0.25, -0.2) is 0 Å². The maximum atomic E-state index is 6.29. The van der Waals surface area contributed by atoms with Gasteiger partial charge in [0.15, 0.2) is 0 Å². The molecule has 2 rings (SSSR count). The molecule has 0 radical (unpaired) electrons. The Hall–Kier alpha value is -1.51. The molecule has 1 N–H and O–H groups in total. The first-order valence-electron chi connectivity index (χ1n) is 6.92. The summed E-state index contributed by atoms with van der Waals surface area (Å²) in [6.45, 7) is 5.79. The van der Waals surface area contributed by atoms with Gasteiger partial charge in [-0.2, -0.15) is 0 Å². The molecular formula is C17H20ClNO. The van der Waals surface area contributed by atoms with Crippen LogP contribution in [0.2, 0.25) is 5.02 Å². The molecule has 3 heteroatoms. The summed E-state index contributed by atoms with van der Waals surface area (Å²) in [5.41, 5.74) is 2.23. The molecule has 0 aromatic heterocycles. The number of ether oxygens (including phenoxy) is 1. The SMILES string of the molecule is CCNCc1cccc(Cl)c1OC(C)c1ccccc1. The summed E-state index contributed by atoms with van der Waals surface area (Å²) in [7, 11) is 0. The molecule has 0 spiro atoms. The summed E-state index contributed by atoms with van der Waals surface area (Å²) in [5, 5.41) is 3.96.